The molecular weight excluding hydrogens is 356 g/mol. The van der Waals surface area contributed by atoms with Crippen molar-refractivity contribution in [3.63, 3.8) is 0 Å². The Morgan fingerprint density at radius 3 is 2.07 bits per heavy atom. The number of hydrogen-bond acceptors (Lipinski definition) is 5. The Hall–Kier alpha value is -3.35. The predicted octanol–water partition coefficient (Wildman–Crippen LogP) is 4.69. The van der Waals surface area contributed by atoms with Crippen molar-refractivity contribution in [1.29, 1.82) is 0 Å². The maximum absolute atomic E-state index is 12.4. The molecule has 0 spiro atoms. The van der Waals surface area contributed by atoms with Crippen molar-refractivity contribution in [2.75, 3.05) is 23.8 Å². The van der Waals surface area contributed by atoms with Crippen LogP contribution in [-0.4, -0.2) is 29.2 Å². The first-order chi connectivity index (χ1) is 13.5. The first-order valence-electron chi connectivity index (χ1n) is 9.22. The minimum Gasteiger partial charge on any atom is -0.490 e. The van der Waals surface area contributed by atoms with Gasteiger partial charge in [-0.2, -0.15) is 0 Å². The van der Waals surface area contributed by atoms with E-state index in [1.54, 1.807) is 30.3 Å². The van der Waals surface area contributed by atoms with E-state index >= 15 is 0 Å². The van der Waals surface area contributed by atoms with E-state index in [0.29, 0.717) is 36.1 Å². The highest BCUT2D eigenvalue weighted by Gasteiger charge is 2.10. The van der Waals surface area contributed by atoms with Gasteiger partial charge < -0.3 is 20.1 Å². The van der Waals surface area contributed by atoms with Crippen LogP contribution in [0.4, 0.5) is 16.2 Å². The minimum atomic E-state index is -0.359. The van der Waals surface area contributed by atoms with Crippen LogP contribution < -0.4 is 20.1 Å². The maximum atomic E-state index is 12.4. The number of nitrogens with zero attached hydrogens (tertiary/aromatic N) is 2. The minimum absolute atomic E-state index is 0.359. The molecule has 0 aliphatic rings. The summed E-state index contributed by atoms with van der Waals surface area (Å²) in [5, 5.41) is 5.62. The number of amides is 2. The molecule has 3 aromatic rings. The van der Waals surface area contributed by atoms with Gasteiger partial charge in [0.15, 0.2) is 11.5 Å². The molecule has 7 nitrogen and oxygen atoms in total. The van der Waals surface area contributed by atoms with Crippen LogP contribution in [-0.2, 0) is 0 Å². The van der Waals surface area contributed by atoms with Crippen LogP contribution in [0.1, 0.15) is 25.2 Å². The number of carbonyl (C=O) groups is 1. The molecule has 146 valence electrons. The van der Waals surface area contributed by atoms with E-state index in [-0.39, 0.29) is 6.03 Å². The molecule has 3 rings (SSSR count). The summed E-state index contributed by atoms with van der Waals surface area (Å²) in [4.78, 5) is 21.4. The Morgan fingerprint density at radius 2 is 1.39 bits per heavy atom. The number of aryl methyl sites for hydroxylation is 2. The van der Waals surface area contributed by atoms with E-state index in [0.717, 1.165) is 22.4 Å². The van der Waals surface area contributed by atoms with Crippen LogP contribution in [0.3, 0.4) is 0 Å². The third kappa shape index (κ3) is 4.49. The summed E-state index contributed by atoms with van der Waals surface area (Å²) in [5.41, 5.74) is 4.54. The molecule has 2 N–H and O–H groups in total. The van der Waals surface area contributed by atoms with Crippen molar-refractivity contribution in [2.45, 2.75) is 27.7 Å². The van der Waals surface area contributed by atoms with Gasteiger partial charge in [-0.3, -0.25) is 0 Å². The number of urea groups is 1. The molecule has 0 saturated carbocycles. The summed E-state index contributed by atoms with van der Waals surface area (Å²) >= 11 is 0. The van der Waals surface area contributed by atoms with Gasteiger partial charge in [-0.25, -0.2) is 14.8 Å². The van der Waals surface area contributed by atoms with E-state index in [4.69, 9.17) is 9.47 Å². The molecule has 7 heteroatoms. The Labute approximate surface area is 164 Å². The van der Waals surface area contributed by atoms with Crippen molar-refractivity contribution in [3.8, 4) is 11.5 Å². The lowest BCUT2D eigenvalue weighted by molar-refractivity contribution is 0.262. The number of ether oxygens (including phenoxy) is 2. The Balaban J connectivity index is 1.74. The average molecular weight is 380 g/mol. The molecule has 0 unspecified atom stereocenters. The first-order valence-corrected chi connectivity index (χ1v) is 9.22. The summed E-state index contributed by atoms with van der Waals surface area (Å²) in [5.74, 6) is 1.24. The summed E-state index contributed by atoms with van der Waals surface area (Å²) in [6.45, 7) is 8.69. The lowest BCUT2D eigenvalue weighted by Crippen LogP contribution is -2.19. The quantitative estimate of drug-likeness (QED) is 0.648. The molecule has 0 atom stereocenters. The second-order valence-corrected chi connectivity index (χ2v) is 6.20. The van der Waals surface area contributed by atoms with Gasteiger partial charge in [-0.1, -0.05) is 0 Å². The van der Waals surface area contributed by atoms with E-state index in [2.05, 4.69) is 20.6 Å². The van der Waals surface area contributed by atoms with Gasteiger partial charge in [0.05, 0.1) is 35.6 Å². The van der Waals surface area contributed by atoms with Gasteiger partial charge in [0, 0.05) is 17.4 Å². The summed E-state index contributed by atoms with van der Waals surface area (Å²) in [7, 11) is 0. The topological polar surface area (TPSA) is 85.4 Å². The zero-order valence-corrected chi connectivity index (χ0v) is 16.5. The number of fused-ring (bicyclic) bond motifs is 1. The van der Waals surface area contributed by atoms with Gasteiger partial charge in [-0.05, 0) is 58.0 Å². The van der Waals surface area contributed by atoms with E-state index < -0.39 is 0 Å². The fourth-order valence-corrected chi connectivity index (χ4v) is 2.73. The molecule has 28 heavy (non-hydrogen) atoms. The number of nitrogens with one attached hydrogen (secondary N) is 2. The molecule has 0 radical (unpaired) electrons. The van der Waals surface area contributed by atoms with Crippen molar-refractivity contribution in [3.05, 3.63) is 47.8 Å². The Kier molecular flexibility index (Phi) is 5.93. The van der Waals surface area contributed by atoms with Gasteiger partial charge in [-0.15, -0.1) is 0 Å². The standard InChI is InChI=1S/C21H24N4O3/c1-5-27-19-10-8-16(12-20(19)28-6-2)25-21(26)24-15-7-9-17-18(11-15)23-14(4)13(3)22-17/h7-12H,5-6H2,1-4H3,(H2,24,25,26). The highest BCUT2D eigenvalue weighted by Crippen LogP contribution is 2.30. The number of hydrogen-bond donors (Lipinski definition) is 2. The second kappa shape index (κ2) is 8.56. The number of aromatic nitrogens is 2. The van der Waals surface area contributed by atoms with Crippen molar-refractivity contribution in [2.24, 2.45) is 0 Å². The van der Waals surface area contributed by atoms with Crippen LogP contribution in [0.15, 0.2) is 36.4 Å². The molecule has 2 aromatic carbocycles. The number of anilines is 2. The van der Waals surface area contributed by atoms with Crippen molar-refractivity contribution < 1.29 is 14.3 Å². The average Bonchev–Trinajstić information content (AvgIpc) is 2.65. The third-order valence-corrected chi connectivity index (χ3v) is 4.13. The highest BCUT2D eigenvalue weighted by atomic mass is 16.5. The number of benzene rings is 2. The van der Waals surface area contributed by atoms with E-state index in [1.807, 2.05) is 33.8 Å². The number of carbonyl (C=O) groups excluding carboxylic acids is 1. The Bertz CT molecular complexity index is 1000. The smallest absolute Gasteiger partial charge is 0.323 e. The maximum Gasteiger partial charge on any atom is 0.323 e. The molecule has 0 aliphatic carbocycles. The zero-order chi connectivity index (χ0) is 20.1. The van der Waals surface area contributed by atoms with E-state index in [1.165, 1.54) is 0 Å². The molecule has 0 aliphatic heterocycles. The fourth-order valence-electron chi connectivity index (χ4n) is 2.73. The highest BCUT2D eigenvalue weighted by molar-refractivity contribution is 6.00. The predicted molar refractivity (Wildman–Crippen MR) is 110 cm³/mol. The molecule has 1 heterocycles. The van der Waals surface area contributed by atoms with Crippen LogP contribution in [0.25, 0.3) is 11.0 Å². The van der Waals surface area contributed by atoms with Crippen molar-refractivity contribution in [1.82, 2.24) is 9.97 Å². The third-order valence-electron chi connectivity index (χ3n) is 4.13. The van der Waals surface area contributed by atoms with Crippen LogP contribution in [0, 0.1) is 13.8 Å². The largest absolute Gasteiger partial charge is 0.490 e. The molecule has 0 fully saturated rings. The second-order valence-electron chi connectivity index (χ2n) is 6.20. The SMILES string of the molecule is CCOc1ccc(NC(=O)Nc2ccc3nc(C)c(C)nc3c2)cc1OCC. The lowest BCUT2D eigenvalue weighted by Gasteiger charge is -2.13. The van der Waals surface area contributed by atoms with Gasteiger partial charge in [0.2, 0.25) is 0 Å². The molecule has 0 bridgehead atoms. The van der Waals surface area contributed by atoms with Gasteiger partial charge >= 0.3 is 6.03 Å². The van der Waals surface area contributed by atoms with Crippen LogP contribution >= 0.6 is 0 Å². The van der Waals surface area contributed by atoms with Crippen LogP contribution in [0.2, 0.25) is 0 Å². The normalized spacial score (nSPS) is 10.6. The molecule has 2 amide bonds. The first kappa shape index (κ1) is 19.4. The molecular formula is C21H24N4O3. The van der Waals surface area contributed by atoms with Gasteiger partial charge in [0.1, 0.15) is 0 Å². The number of rotatable bonds is 6. The molecule has 1 aromatic heterocycles. The summed E-state index contributed by atoms with van der Waals surface area (Å²) in [6, 6.07) is 10.4. The summed E-state index contributed by atoms with van der Waals surface area (Å²) in [6.07, 6.45) is 0. The summed E-state index contributed by atoms with van der Waals surface area (Å²) < 4.78 is 11.1. The zero-order valence-electron chi connectivity index (χ0n) is 16.5. The Morgan fingerprint density at radius 1 is 0.821 bits per heavy atom. The van der Waals surface area contributed by atoms with Gasteiger partial charge in [0.25, 0.3) is 0 Å². The van der Waals surface area contributed by atoms with E-state index in [9.17, 15) is 4.79 Å². The molecule has 0 saturated heterocycles. The fraction of sp³-hybridized carbons (Fsp3) is 0.286. The van der Waals surface area contributed by atoms with Crippen molar-refractivity contribution >= 4 is 28.4 Å². The van der Waals surface area contributed by atoms with Crippen LogP contribution in [0.5, 0.6) is 11.5 Å². The monoisotopic (exact) mass is 380 g/mol. The lowest BCUT2D eigenvalue weighted by atomic mass is 10.2.